The summed E-state index contributed by atoms with van der Waals surface area (Å²) in [5.74, 6) is -0.0484. The average Bonchev–Trinajstić information content (AvgIpc) is 3.07. The number of amides is 2. The zero-order valence-corrected chi connectivity index (χ0v) is 16.0. The van der Waals surface area contributed by atoms with Crippen LogP contribution in [0, 0.1) is 0 Å². The number of hydrogen-bond acceptors (Lipinski definition) is 5. The van der Waals surface area contributed by atoms with Crippen molar-refractivity contribution in [1.82, 2.24) is 10.6 Å². The van der Waals surface area contributed by atoms with Crippen LogP contribution in [-0.2, 0) is 9.47 Å². The van der Waals surface area contributed by atoms with Gasteiger partial charge < -0.3 is 25.2 Å². The molecule has 0 saturated heterocycles. The fraction of sp³-hybridized carbons (Fsp3) is 0.273. The number of carbonyl (C=O) groups is 2. The molecule has 0 spiro atoms. The highest BCUT2D eigenvalue weighted by Crippen LogP contribution is 2.44. The van der Waals surface area contributed by atoms with Crippen LogP contribution in [0.15, 0.2) is 61.2 Å². The number of carbonyl (C=O) groups excluding carboxylic acids is 2. The third-order valence-electron chi connectivity index (χ3n) is 4.71. The minimum absolute atomic E-state index is 0.0106. The maximum absolute atomic E-state index is 12.2. The molecule has 2 amide bonds. The van der Waals surface area contributed by atoms with E-state index in [9.17, 15) is 14.7 Å². The Hall–Kier alpha value is -3.32. The molecule has 152 valence electrons. The van der Waals surface area contributed by atoms with E-state index in [1.807, 2.05) is 36.4 Å². The number of nitrogens with one attached hydrogen (secondary N) is 2. The van der Waals surface area contributed by atoms with E-state index in [-0.39, 0.29) is 32.3 Å². The summed E-state index contributed by atoms with van der Waals surface area (Å²) in [7, 11) is 0. The molecule has 0 aromatic heterocycles. The van der Waals surface area contributed by atoms with Crippen molar-refractivity contribution in [3.8, 4) is 11.1 Å². The summed E-state index contributed by atoms with van der Waals surface area (Å²) in [6, 6.07) is 15.4. The molecule has 0 heterocycles. The van der Waals surface area contributed by atoms with E-state index >= 15 is 0 Å². The van der Waals surface area contributed by atoms with Crippen molar-refractivity contribution < 1.29 is 24.2 Å². The van der Waals surface area contributed by atoms with Gasteiger partial charge in [-0.3, -0.25) is 0 Å². The lowest BCUT2D eigenvalue weighted by molar-refractivity contribution is 0.129. The zero-order chi connectivity index (χ0) is 20.6. The first kappa shape index (κ1) is 20.4. The van der Waals surface area contributed by atoms with Crippen molar-refractivity contribution in [1.29, 1.82) is 0 Å². The Labute approximate surface area is 169 Å². The van der Waals surface area contributed by atoms with Gasteiger partial charge >= 0.3 is 12.2 Å². The Morgan fingerprint density at radius 1 is 1.03 bits per heavy atom. The summed E-state index contributed by atoms with van der Waals surface area (Å²) in [5, 5.41) is 14.4. The Morgan fingerprint density at radius 3 is 2.24 bits per heavy atom. The fourth-order valence-electron chi connectivity index (χ4n) is 3.36. The maximum atomic E-state index is 12.2. The van der Waals surface area contributed by atoms with Crippen LogP contribution in [0.25, 0.3) is 11.1 Å². The molecule has 0 saturated carbocycles. The number of fused-ring (bicyclic) bond motifs is 3. The van der Waals surface area contributed by atoms with Crippen molar-refractivity contribution in [2.45, 2.75) is 12.0 Å². The van der Waals surface area contributed by atoms with Crippen LogP contribution in [0.3, 0.4) is 0 Å². The molecular weight excluding hydrogens is 372 g/mol. The van der Waals surface area contributed by atoms with Gasteiger partial charge in [0.05, 0.1) is 12.6 Å². The smallest absolute Gasteiger partial charge is 0.407 e. The molecule has 3 N–H and O–H groups in total. The Bertz CT molecular complexity index is 838. The quantitative estimate of drug-likeness (QED) is 0.596. The summed E-state index contributed by atoms with van der Waals surface area (Å²) >= 11 is 0. The molecule has 2 aromatic rings. The second-order valence-corrected chi connectivity index (χ2v) is 6.62. The van der Waals surface area contributed by atoms with Crippen LogP contribution in [0.4, 0.5) is 9.59 Å². The molecule has 0 bridgehead atoms. The largest absolute Gasteiger partial charge is 0.449 e. The molecule has 0 fully saturated rings. The van der Waals surface area contributed by atoms with Crippen LogP contribution in [0.2, 0.25) is 0 Å². The molecule has 7 heteroatoms. The highest BCUT2D eigenvalue weighted by molar-refractivity contribution is 5.79. The predicted octanol–water partition coefficient (Wildman–Crippen LogP) is 2.80. The molecule has 1 aliphatic carbocycles. The average molecular weight is 396 g/mol. The third kappa shape index (κ3) is 4.94. The fourth-order valence-corrected chi connectivity index (χ4v) is 3.36. The van der Waals surface area contributed by atoms with Crippen LogP contribution < -0.4 is 10.6 Å². The summed E-state index contributed by atoms with van der Waals surface area (Å²) < 4.78 is 10.2. The van der Waals surface area contributed by atoms with Gasteiger partial charge in [0.25, 0.3) is 0 Å². The molecule has 1 aliphatic rings. The molecule has 0 aliphatic heterocycles. The summed E-state index contributed by atoms with van der Waals surface area (Å²) in [4.78, 5) is 23.6. The molecule has 0 unspecified atom stereocenters. The number of rotatable bonds is 8. The SMILES string of the molecule is C=CCOC(=O)NC[C@@H](CO)NC(=O)OCC1c2ccccc2-c2ccccc21. The first-order valence-corrected chi connectivity index (χ1v) is 9.38. The lowest BCUT2D eigenvalue weighted by Crippen LogP contribution is -2.46. The molecule has 7 nitrogen and oxygen atoms in total. The highest BCUT2D eigenvalue weighted by atomic mass is 16.6. The molecule has 2 aromatic carbocycles. The first-order valence-electron chi connectivity index (χ1n) is 9.38. The van der Waals surface area contributed by atoms with Gasteiger partial charge in [-0.1, -0.05) is 61.2 Å². The molecular formula is C22H24N2O5. The van der Waals surface area contributed by atoms with Crippen molar-refractivity contribution in [2.75, 3.05) is 26.4 Å². The topological polar surface area (TPSA) is 96.9 Å². The Morgan fingerprint density at radius 2 is 1.66 bits per heavy atom. The van der Waals surface area contributed by atoms with E-state index in [4.69, 9.17) is 9.47 Å². The predicted molar refractivity (Wildman–Crippen MR) is 109 cm³/mol. The number of benzene rings is 2. The molecule has 3 rings (SSSR count). The first-order chi connectivity index (χ1) is 14.1. The van der Waals surface area contributed by atoms with Gasteiger partial charge in [-0.25, -0.2) is 9.59 Å². The van der Waals surface area contributed by atoms with E-state index in [1.165, 1.54) is 6.08 Å². The van der Waals surface area contributed by atoms with Crippen LogP contribution in [0.5, 0.6) is 0 Å². The second kappa shape index (κ2) is 9.75. The normalized spacial score (nSPS) is 13.0. The van der Waals surface area contributed by atoms with Crippen molar-refractivity contribution in [3.63, 3.8) is 0 Å². The van der Waals surface area contributed by atoms with Gasteiger partial charge in [0.15, 0.2) is 0 Å². The summed E-state index contributed by atoms with van der Waals surface area (Å²) in [6.07, 6.45) is 0.128. The molecule has 0 radical (unpaired) electrons. The Kier molecular flexibility index (Phi) is 6.86. The zero-order valence-electron chi connectivity index (χ0n) is 16.0. The van der Waals surface area contributed by atoms with E-state index < -0.39 is 18.2 Å². The second-order valence-electron chi connectivity index (χ2n) is 6.62. The summed E-state index contributed by atoms with van der Waals surface area (Å²) in [5.41, 5.74) is 4.53. The van der Waals surface area contributed by atoms with Crippen LogP contribution in [-0.4, -0.2) is 49.7 Å². The number of ether oxygens (including phenoxy) is 2. The monoisotopic (exact) mass is 396 g/mol. The minimum atomic E-state index is -0.693. The number of aliphatic hydroxyl groups excluding tert-OH is 1. The van der Waals surface area contributed by atoms with Crippen molar-refractivity contribution in [3.05, 3.63) is 72.3 Å². The van der Waals surface area contributed by atoms with Crippen LogP contribution in [0.1, 0.15) is 17.0 Å². The van der Waals surface area contributed by atoms with Gasteiger partial charge in [-0.2, -0.15) is 0 Å². The standard InChI is InChI=1S/C22H24N2O5/c1-2-11-28-21(26)23-12-15(13-25)24-22(27)29-14-20-18-9-5-3-7-16(18)17-8-4-6-10-19(17)20/h2-10,15,20,25H,1,11-14H2,(H,23,26)(H,24,27)/t15-/m0/s1. The van der Waals surface area contributed by atoms with Gasteiger partial charge in [0, 0.05) is 12.5 Å². The van der Waals surface area contributed by atoms with Crippen molar-refractivity contribution >= 4 is 12.2 Å². The van der Waals surface area contributed by atoms with E-state index in [1.54, 1.807) is 0 Å². The molecule has 1 atom stereocenters. The van der Waals surface area contributed by atoms with Crippen molar-refractivity contribution in [2.24, 2.45) is 0 Å². The van der Waals surface area contributed by atoms with Gasteiger partial charge in [-0.15, -0.1) is 0 Å². The highest BCUT2D eigenvalue weighted by Gasteiger charge is 2.29. The summed E-state index contributed by atoms with van der Waals surface area (Å²) in [6.45, 7) is 3.35. The lowest BCUT2D eigenvalue weighted by Gasteiger charge is -2.18. The van der Waals surface area contributed by atoms with E-state index in [2.05, 4.69) is 29.3 Å². The lowest BCUT2D eigenvalue weighted by atomic mass is 9.98. The van der Waals surface area contributed by atoms with E-state index in [0.29, 0.717) is 0 Å². The minimum Gasteiger partial charge on any atom is -0.449 e. The Balaban J connectivity index is 1.55. The number of alkyl carbamates (subject to hydrolysis) is 2. The van der Waals surface area contributed by atoms with Gasteiger partial charge in [0.1, 0.15) is 13.2 Å². The number of aliphatic hydroxyl groups is 1. The van der Waals surface area contributed by atoms with Gasteiger partial charge in [-0.05, 0) is 22.3 Å². The number of hydrogen-bond donors (Lipinski definition) is 3. The van der Waals surface area contributed by atoms with Gasteiger partial charge in [0.2, 0.25) is 0 Å². The van der Waals surface area contributed by atoms with E-state index in [0.717, 1.165) is 22.3 Å². The molecule has 29 heavy (non-hydrogen) atoms. The third-order valence-corrected chi connectivity index (χ3v) is 4.71. The maximum Gasteiger partial charge on any atom is 0.407 e. The van der Waals surface area contributed by atoms with Crippen LogP contribution >= 0.6 is 0 Å².